The van der Waals surface area contributed by atoms with Gasteiger partial charge < -0.3 is 10.3 Å². The third-order valence-electron chi connectivity index (χ3n) is 1.87. The Morgan fingerprint density at radius 2 is 2.27 bits per heavy atom. The van der Waals surface area contributed by atoms with Crippen LogP contribution in [-0.2, 0) is 13.1 Å². The summed E-state index contributed by atoms with van der Waals surface area (Å²) in [7, 11) is 0. The van der Waals surface area contributed by atoms with Gasteiger partial charge in [-0.05, 0) is 37.9 Å². The minimum absolute atomic E-state index is 0.813. The molecule has 2 heterocycles. The highest BCUT2D eigenvalue weighted by Gasteiger charge is 2.03. The van der Waals surface area contributed by atoms with Crippen molar-refractivity contribution in [2.24, 2.45) is 0 Å². The van der Waals surface area contributed by atoms with Gasteiger partial charge in [-0.2, -0.15) is 0 Å². The second-order valence-electron chi connectivity index (χ2n) is 3.01. The van der Waals surface area contributed by atoms with Crippen LogP contribution in [0.25, 0.3) is 0 Å². The Morgan fingerprint density at radius 3 is 2.87 bits per heavy atom. The molecule has 0 saturated carbocycles. The van der Waals surface area contributed by atoms with E-state index in [0.29, 0.717) is 0 Å². The van der Waals surface area contributed by atoms with Crippen LogP contribution in [0.4, 0.5) is 0 Å². The van der Waals surface area contributed by atoms with Gasteiger partial charge >= 0.3 is 0 Å². The second-order valence-corrected chi connectivity index (χ2v) is 6.32. The third kappa shape index (κ3) is 3.14. The molecule has 0 aliphatic heterocycles. The number of H-pyrrole nitrogens is 1. The van der Waals surface area contributed by atoms with E-state index in [9.17, 15) is 0 Å². The molecule has 0 bridgehead atoms. The zero-order valence-corrected chi connectivity index (χ0v) is 11.7. The van der Waals surface area contributed by atoms with Crippen molar-refractivity contribution in [2.75, 3.05) is 0 Å². The number of hydrogen-bond donors (Lipinski definition) is 2. The fraction of sp³-hybridized carbons (Fsp3) is 0.222. The van der Waals surface area contributed by atoms with Gasteiger partial charge in [-0.1, -0.05) is 0 Å². The standard InChI is InChI=1S/C9H9Br2N3S/c10-8-1-7(15-9(8)11)4-12-2-6-3-13-5-14-6/h1,3,5,12H,2,4H2,(H,13,14). The molecule has 6 heteroatoms. The summed E-state index contributed by atoms with van der Waals surface area (Å²) in [5.41, 5.74) is 1.10. The van der Waals surface area contributed by atoms with Gasteiger partial charge in [0.2, 0.25) is 0 Å². The molecule has 0 saturated heterocycles. The normalized spacial score (nSPS) is 10.8. The molecule has 0 radical (unpaired) electrons. The fourth-order valence-corrected chi connectivity index (χ4v) is 3.33. The van der Waals surface area contributed by atoms with Crippen molar-refractivity contribution in [3.63, 3.8) is 0 Å². The maximum Gasteiger partial charge on any atom is 0.0922 e. The lowest BCUT2D eigenvalue weighted by Crippen LogP contribution is -2.11. The number of rotatable bonds is 4. The highest BCUT2D eigenvalue weighted by molar-refractivity contribution is 9.13. The van der Waals surface area contributed by atoms with Crippen molar-refractivity contribution in [3.8, 4) is 0 Å². The molecule has 2 N–H and O–H groups in total. The van der Waals surface area contributed by atoms with Crippen LogP contribution in [0.2, 0.25) is 0 Å². The van der Waals surface area contributed by atoms with Crippen LogP contribution < -0.4 is 5.32 Å². The van der Waals surface area contributed by atoms with E-state index in [1.54, 1.807) is 17.7 Å². The van der Waals surface area contributed by atoms with E-state index < -0.39 is 0 Å². The minimum Gasteiger partial charge on any atom is -0.347 e. The number of nitrogens with one attached hydrogen (secondary N) is 2. The van der Waals surface area contributed by atoms with E-state index in [0.717, 1.165) is 27.0 Å². The maximum atomic E-state index is 3.96. The van der Waals surface area contributed by atoms with Gasteiger partial charge in [-0.3, -0.25) is 0 Å². The smallest absolute Gasteiger partial charge is 0.0922 e. The van der Waals surface area contributed by atoms with E-state index in [1.165, 1.54) is 4.88 Å². The van der Waals surface area contributed by atoms with Crippen molar-refractivity contribution < 1.29 is 0 Å². The quantitative estimate of drug-likeness (QED) is 0.888. The highest BCUT2D eigenvalue weighted by atomic mass is 79.9. The molecule has 0 spiro atoms. The molecule has 2 aromatic heterocycles. The molecule has 80 valence electrons. The number of nitrogens with zero attached hydrogens (tertiary/aromatic N) is 1. The first kappa shape index (κ1) is 11.3. The van der Waals surface area contributed by atoms with E-state index in [1.807, 2.05) is 6.20 Å². The van der Waals surface area contributed by atoms with Crippen LogP contribution in [-0.4, -0.2) is 9.97 Å². The average molecular weight is 351 g/mol. The zero-order valence-electron chi connectivity index (χ0n) is 7.76. The molecule has 0 amide bonds. The monoisotopic (exact) mass is 349 g/mol. The minimum atomic E-state index is 0.813. The first-order chi connectivity index (χ1) is 7.25. The number of imidazole rings is 1. The number of hydrogen-bond acceptors (Lipinski definition) is 3. The molecule has 0 fully saturated rings. The molecule has 0 aliphatic carbocycles. The van der Waals surface area contributed by atoms with Crippen molar-refractivity contribution in [3.05, 3.63) is 37.4 Å². The molecular weight excluding hydrogens is 342 g/mol. The Labute approximate surface area is 109 Å². The molecular formula is C9H9Br2N3S. The molecule has 0 aromatic carbocycles. The lowest BCUT2D eigenvalue weighted by molar-refractivity contribution is 0.689. The molecule has 2 rings (SSSR count). The van der Waals surface area contributed by atoms with Crippen molar-refractivity contribution in [1.82, 2.24) is 15.3 Å². The molecule has 0 aliphatic rings. The lowest BCUT2D eigenvalue weighted by Gasteiger charge is -1.99. The Morgan fingerprint density at radius 1 is 1.40 bits per heavy atom. The van der Waals surface area contributed by atoms with Crippen LogP contribution >= 0.6 is 43.2 Å². The van der Waals surface area contributed by atoms with Gasteiger partial charge in [0, 0.05) is 34.3 Å². The van der Waals surface area contributed by atoms with Gasteiger partial charge in [0.05, 0.1) is 10.1 Å². The predicted molar refractivity (Wildman–Crippen MR) is 68.9 cm³/mol. The zero-order chi connectivity index (χ0) is 10.7. The predicted octanol–water partition coefficient (Wildman–Crippen LogP) is 3.29. The summed E-state index contributed by atoms with van der Waals surface area (Å²) in [5, 5.41) is 3.34. The second kappa shape index (κ2) is 5.25. The van der Waals surface area contributed by atoms with Crippen molar-refractivity contribution in [2.45, 2.75) is 13.1 Å². The molecule has 15 heavy (non-hydrogen) atoms. The number of aromatic amines is 1. The Balaban J connectivity index is 1.83. The van der Waals surface area contributed by atoms with E-state index in [-0.39, 0.29) is 0 Å². The fourth-order valence-electron chi connectivity index (χ4n) is 1.18. The number of aromatic nitrogens is 2. The van der Waals surface area contributed by atoms with Gasteiger partial charge in [0.25, 0.3) is 0 Å². The van der Waals surface area contributed by atoms with E-state index in [2.05, 4.69) is 53.2 Å². The topological polar surface area (TPSA) is 40.7 Å². The van der Waals surface area contributed by atoms with Crippen LogP contribution in [0.1, 0.15) is 10.6 Å². The average Bonchev–Trinajstić information content (AvgIpc) is 2.79. The first-order valence-corrected chi connectivity index (χ1v) is 6.77. The van der Waals surface area contributed by atoms with Crippen molar-refractivity contribution >= 4 is 43.2 Å². The van der Waals surface area contributed by atoms with Crippen LogP contribution in [0.15, 0.2) is 26.8 Å². The summed E-state index contributed by atoms with van der Waals surface area (Å²) < 4.78 is 2.26. The maximum absolute atomic E-state index is 3.96. The number of halogens is 2. The summed E-state index contributed by atoms with van der Waals surface area (Å²) in [6.45, 7) is 1.68. The summed E-state index contributed by atoms with van der Waals surface area (Å²) in [5.74, 6) is 0. The summed E-state index contributed by atoms with van der Waals surface area (Å²) in [6, 6.07) is 2.12. The lowest BCUT2D eigenvalue weighted by atomic mass is 10.4. The van der Waals surface area contributed by atoms with Crippen molar-refractivity contribution in [1.29, 1.82) is 0 Å². The first-order valence-electron chi connectivity index (χ1n) is 4.37. The highest BCUT2D eigenvalue weighted by Crippen LogP contribution is 2.32. The SMILES string of the molecule is Brc1cc(CNCc2cnc[nH]2)sc1Br. The van der Waals surface area contributed by atoms with Gasteiger partial charge in [0.1, 0.15) is 0 Å². The van der Waals surface area contributed by atoms with Gasteiger partial charge in [0.15, 0.2) is 0 Å². The van der Waals surface area contributed by atoms with E-state index >= 15 is 0 Å². The molecule has 3 nitrogen and oxygen atoms in total. The summed E-state index contributed by atoms with van der Waals surface area (Å²) >= 11 is 8.67. The van der Waals surface area contributed by atoms with Crippen LogP contribution in [0.3, 0.4) is 0 Å². The number of thiophene rings is 1. The molecule has 0 unspecified atom stereocenters. The summed E-state index contributed by atoms with van der Waals surface area (Å²) in [6.07, 6.45) is 3.52. The summed E-state index contributed by atoms with van der Waals surface area (Å²) in [4.78, 5) is 8.31. The Hall–Kier alpha value is -0.170. The van der Waals surface area contributed by atoms with E-state index in [4.69, 9.17) is 0 Å². The largest absolute Gasteiger partial charge is 0.347 e. The van der Waals surface area contributed by atoms with Crippen LogP contribution in [0, 0.1) is 0 Å². The van der Waals surface area contributed by atoms with Crippen LogP contribution in [0.5, 0.6) is 0 Å². The molecule has 2 aromatic rings. The molecule has 0 atom stereocenters. The Bertz CT molecular complexity index is 405. The van der Waals surface area contributed by atoms with Gasteiger partial charge in [-0.25, -0.2) is 4.98 Å². The third-order valence-corrected chi connectivity index (χ3v) is 5.12. The Kier molecular flexibility index (Phi) is 3.96. The van der Waals surface area contributed by atoms with Gasteiger partial charge in [-0.15, -0.1) is 11.3 Å².